The topological polar surface area (TPSA) is 0 Å². The minimum absolute atomic E-state index is 0. The quantitative estimate of drug-likeness (QED) is 0.647. The molecular weight excluding hydrogens is 223 g/mol. The first kappa shape index (κ1) is 9.93. The fourth-order valence-corrected chi connectivity index (χ4v) is 1.48. The molecule has 1 heteroatoms. The fourth-order valence-electron chi connectivity index (χ4n) is 1.48. The van der Waals surface area contributed by atoms with E-state index in [4.69, 9.17) is 0 Å². The Morgan fingerprint density at radius 1 is 1.00 bits per heavy atom. The molecule has 59 valence electrons. The Morgan fingerprint density at radius 2 is 1.75 bits per heavy atom. The van der Waals surface area contributed by atoms with Gasteiger partial charge in [-0.2, -0.15) is 0 Å². The van der Waals surface area contributed by atoms with E-state index in [1.165, 1.54) is 22.6 Å². The van der Waals surface area contributed by atoms with Crippen LogP contribution in [0.5, 0.6) is 0 Å². The van der Waals surface area contributed by atoms with E-state index in [1.807, 2.05) is 0 Å². The summed E-state index contributed by atoms with van der Waals surface area (Å²) < 4.78 is 0. The van der Waals surface area contributed by atoms with Crippen LogP contribution in [-0.2, 0) is 26.2 Å². The summed E-state index contributed by atoms with van der Waals surface area (Å²) in [5.41, 5.74) is 4.08. The van der Waals surface area contributed by atoms with Gasteiger partial charge in [-0.1, -0.05) is 42.8 Å². The van der Waals surface area contributed by atoms with Gasteiger partial charge in [-0.25, -0.2) is 0 Å². The first-order chi connectivity index (χ1) is 5.27. The summed E-state index contributed by atoms with van der Waals surface area (Å²) in [6.45, 7) is 4.28. The van der Waals surface area contributed by atoms with Crippen molar-refractivity contribution in [3.63, 3.8) is 0 Å². The van der Waals surface area contributed by atoms with Gasteiger partial charge in [-0.15, -0.1) is 0 Å². The van der Waals surface area contributed by atoms with Crippen molar-refractivity contribution >= 4 is 6.08 Å². The Hall–Kier alpha value is -0.157. The van der Waals surface area contributed by atoms with Crippen LogP contribution in [0.1, 0.15) is 23.6 Å². The molecule has 0 spiro atoms. The van der Waals surface area contributed by atoms with Gasteiger partial charge in [0.05, 0.1) is 0 Å². The summed E-state index contributed by atoms with van der Waals surface area (Å²) in [6.07, 6.45) is 4.35. The number of rotatable bonds is 0. The number of aryl methyl sites for hydroxylation is 1. The second-order valence-electron chi connectivity index (χ2n) is 3.11. The van der Waals surface area contributed by atoms with E-state index in [9.17, 15) is 0 Å². The second-order valence-corrected chi connectivity index (χ2v) is 3.11. The Labute approximate surface area is 92.8 Å². The maximum atomic E-state index is 2.22. The molecule has 0 aliphatic heterocycles. The maximum absolute atomic E-state index is 2.22. The third-order valence-electron chi connectivity index (χ3n) is 2.14. The molecule has 0 unspecified atom stereocenters. The molecule has 2 rings (SSSR count). The Bertz CT molecular complexity index is 313. The number of fused-ring (bicyclic) bond motifs is 1. The zero-order valence-corrected chi connectivity index (χ0v) is 9.84. The molecule has 0 saturated heterocycles. The smallest absolute Gasteiger partial charge is 0.0242 e. The zero-order chi connectivity index (χ0) is 7.84. The first-order valence-electron chi connectivity index (χ1n) is 3.90. The van der Waals surface area contributed by atoms with Gasteiger partial charge in [0.1, 0.15) is 0 Å². The molecule has 1 aromatic carbocycles. The molecule has 1 aliphatic carbocycles. The zero-order valence-electron chi connectivity index (χ0n) is 7.39. The molecule has 0 nitrogen and oxygen atoms in total. The van der Waals surface area contributed by atoms with Crippen molar-refractivity contribution in [1.29, 1.82) is 0 Å². The molecule has 0 atom stereocenters. The van der Waals surface area contributed by atoms with Crippen LogP contribution in [0.4, 0.5) is 0 Å². The van der Waals surface area contributed by atoms with Crippen LogP contribution in [0.2, 0.25) is 0 Å². The van der Waals surface area contributed by atoms with Gasteiger partial charge in [-0.05, 0) is 18.1 Å². The van der Waals surface area contributed by atoms with E-state index in [2.05, 4.69) is 44.2 Å². The largest absolute Gasteiger partial charge is 0.0724 e. The summed E-state index contributed by atoms with van der Waals surface area (Å²) in [6, 6.07) is 6.58. The Balaban J connectivity index is 0.000000720. The molecule has 0 fully saturated rings. The fraction of sp³-hybridized carbons (Fsp3) is 0.182. The summed E-state index contributed by atoms with van der Waals surface area (Å²) >= 11 is 0. The minimum atomic E-state index is 0. The summed E-state index contributed by atoms with van der Waals surface area (Å²) in [5.74, 6) is 1.38. The van der Waals surface area contributed by atoms with E-state index < -0.39 is 0 Å². The van der Waals surface area contributed by atoms with Gasteiger partial charge in [0.2, 0.25) is 0 Å². The summed E-state index contributed by atoms with van der Waals surface area (Å²) in [7, 11) is 0. The van der Waals surface area contributed by atoms with Crippen LogP contribution in [-0.4, -0.2) is 0 Å². The number of allylic oxidation sites excluding steroid dienone is 1. The predicted molar refractivity (Wildman–Crippen MR) is 48.2 cm³/mol. The number of hydrogen-bond donors (Lipinski definition) is 0. The van der Waals surface area contributed by atoms with E-state index >= 15 is 0 Å². The second kappa shape index (κ2) is 3.70. The number of hydrogen-bond acceptors (Lipinski definition) is 0. The molecule has 0 aromatic heterocycles. The monoisotopic (exact) mass is 233 g/mol. The average molecular weight is 234 g/mol. The van der Waals surface area contributed by atoms with E-state index in [-0.39, 0.29) is 26.2 Å². The van der Waals surface area contributed by atoms with E-state index in [0.29, 0.717) is 0 Å². The van der Waals surface area contributed by atoms with Crippen LogP contribution in [0.25, 0.3) is 6.08 Å². The molecule has 1 radical (unpaired) electrons. The normalized spacial score (nSPS) is 14.2. The SMILES string of the molecule is C[C]1C=Cc2cc(C)ccc21.[Zr]. The van der Waals surface area contributed by atoms with Crippen LogP contribution in [0.3, 0.4) is 0 Å². The Kier molecular flexibility index (Phi) is 3.06. The van der Waals surface area contributed by atoms with Crippen LogP contribution < -0.4 is 0 Å². The van der Waals surface area contributed by atoms with Gasteiger partial charge in [0.15, 0.2) is 0 Å². The molecule has 0 bridgehead atoms. The van der Waals surface area contributed by atoms with Crippen molar-refractivity contribution in [3.05, 3.63) is 46.9 Å². The minimum Gasteiger partial charge on any atom is -0.0724 e. The third-order valence-corrected chi connectivity index (χ3v) is 2.14. The molecule has 1 aromatic rings. The molecule has 0 saturated carbocycles. The van der Waals surface area contributed by atoms with Crippen molar-refractivity contribution in [3.8, 4) is 0 Å². The molecular formula is C11H11Zr. The Morgan fingerprint density at radius 3 is 2.50 bits per heavy atom. The van der Waals surface area contributed by atoms with Gasteiger partial charge in [0.25, 0.3) is 0 Å². The first-order valence-corrected chi connectivity index (χ1v) is 3.90. The summed E-state index contributed by atoms with van der Waals surface area (Å²) in [5, 5.41) is 0. The van der Waals surface area contributed by atoms with Crippen LogP contribution >= 0.6 is 0 Å². The van der Waals surface area contributed by atoms with Crippen molar-refractivity contribution in [2.24, 2.45) is 0 Å². The van der Waals surface area contributed by atoms with Crippen molar-refractivity contribution < 1.29 is 26.2 Å². The van der Waals surface area contributed by atoms with Crippen LogP contribution in [0, 0.1) is 12.8 Å². The van der Waals surface area contributed by atoms with Gasteiger partial charge >= 0.3 is 0 Å². The van der Waals surface area contributed by atoms with Crippen molar-refractivity contribution in [2.45, 2.75) is 13.8 Å². The molecule has 0 amide bonds. The number of benzene rings is 1. The van der Waals surface area contributed by atoms with Gasteiger partial charge in [0, 0.05) is 32.1 Å². The van der Waals surface area contributed by atoms with Gasteiger partial charge in [-0.3, -0.25) is 0 Å². The van der Waals surface area contributed by atoms with Crippen molar-refractivity contribution in [2.75, 3.05) is 0 Å². The average Bonchev–Trinajstić information content (AvgIpc) is 2.32. The molecule has 12 heavy (non-hydrogen) atoms. The van der Waals surface area contributed by atoms with Gasteiger partial charge < -0.3 is 0 Å². The summed E-state index contributed by atoms with van der Waals surface area (Å²) in [4.78, 5) is 0. The molecule has 1 aliphatic rings. The van der Waals surface area contributed by atoms with E-state index in [1.54, 1.807) is 0 Å². The standard InChI is InChI=1S/C11H11.Zr/c1-8-3-6-11-9(2)4-5-10(11)7-8;/h3-7H,1-2H3;. The van der Waals surface area contributed by atoms with Crippen LogP contribution in [0.15, 0.2) is 24.3 Å². The van der Waals surface area contributed by atoms with E-state index in [0.717, 1.165) is 0 Å². The molecule has 0 N–H and O–H groups in total. The molecule has 0 heterocycles. The predicted octanol–water partition coefficient (Wildman–Crippen LogP) is 2.96. The third kappa shape index (κ3) is 1.61. The maximum Gasteiger partial charge on any atom is 0.0242 e. The van der Waals surface area contributed by atoms with Crippen molar-refractivity contribution in [1.82, 2.24) is 0 Å².